The Kier molecular flexibility index (Phi) is 9.39. The molecule has 0 amide bonds. The summed E-state index contributed by atoms with van der Waals surface area (Å²) in [5, 5.41) is 34.9. The summed E-state index contributed by atoms with van der Waals surface area (Å²) in [5.41, 5.74) is 1.45. The highest BCUT2D eigenvalue weighted by atomic mass is 16.5. The molecule has 0 fully saturated rings. The molecule has 0 saturated carbocycles. The number of nitriles is 1. The van der Waals surface area contributed by atoms with Crippen LogP contribution in [0.4, 0.5) is 0 Å². The molecule has 0 aliphatic carbocycles. The zero-order valence-corrected chi connectivity index (χ0v) is 22.3. The first kappa shape index (κ1) is 27.5. The number of hydrogen-bond acceptors (Lipinski definition) is 4. The number of hydrogen-bond donors (Lipinski definition) is 0. The quantitative estimate of drug-likeness (QED) is 0.168. The van der Waals surface area contributed by atoms with E-state index in [9.17, 15) is 10.4 Å². The standard InChI is InChI=1S/C30H40N3O3/c1-29(2)30(3,4)33(35)28(32(29)34)13-11-9-7-5-6-8-10-12-22-36-27-20-18-26(19-21-27)25-16-14-24(23-31)15-17-25/h14-21H,5-13,22H2,1-4H3. The van der Waals surface area contributed by atoms with Gasteiger partial charge in [0.15, 0.2) is 5.54 Å². The number of amidine groups is 1. The van der Waals surface area contributed by atoms with Gasteiger partial charge in [-0.15, -0.1) is 0 Å². The molecular weight excluding hydrogens is 450 g/mol. The van der Waals surface area contributed by atoms with E-state index in [1.165, 1.54) is 19.3 Å². The van der Waals surface area contributed by atoms with E-state index in [4.69, 9.17) is 10.00 Å². The molecule has 3 rings (SSSR count). The lowest BCUT2D eigenvalue weighted by molar-refractivity contribution is -0.540. The zero-order chi connectivity index (χ0) is 26.2. The van der Waals surface area contributed by atoms with Crippen LogP contribution in [-0.4, -0.2) is 33.3 Å². The van der Waals surface area contributed by atoms with E-state index < -0.39 is 11.1 Å². The number of hydroxylamine groups is 3. The van der Waals surface area contributed by atoms with Gasteiger partial charge in [-0.2, -0.15) is 5.26 Å². The first-order valence-corrected chi connectivity index (χ1v) is 13.2. The van der Waals surface area contributed by atoms with Crippen LogP contribution in [0.15, 0.2) is 48.5 Å². The van der Waals surface area contributed by atoms with Gasteiger partial charge in [0.25, 0.3) is 5.84 Å². The van der Waals surface area contributed by atoms with Crippen LogP contribution < -0.4 is 4.74 Å². The Bertz CT molecular complexity index is 1050. The molecule has 0 aromatic heterocycles. The Morgan fingerprint density at radius 1 is 0.833 bits per heavy atom. The average Bonchev–Trinajstić information content (AvgIpc) is 2.99. The van der Waals surface area contributed by atoms with Gasteiger partial charge in [-0.3, -0.25) is 4.74 Å². The SMILES string of the molecule is CC1(C)N([O])C(CCCCCCCCCCOc2ccc(-c3ccc(C#N)cc3)cc2)=[N+]([O-])C1(C)C. The second-order valence-electron chi connectivity index (χ2n) is 10.8. The predicted octanol–water partition coefficient (Wildman–Crippen LogP) is 7.24. The van der Waals surface area contributed by atoms with Crippen LogP contribution in [0.5, 0.6) is 5.75 Å². The summed E-state index contributed by atoms with van der Waals surface area (Å²) in [7, 11) is 0. The lowest BCUT2D eigenvalue weighted by atomic mass is 9.84. The fourth-order valence-corrected chi connectivity index (χ4v) is 4.54. The van der Waals surface area contributed by atoms with E-state index in [0.717, 1.165) is 65.4 Å². The van der Waals surface area contributed by atoms with Crippen molar-refractivity contribution in [2.45, 2.75) is 96.6 Å². The van der Waals surface area contributed by atoms with Gasteiger partial charge in [-0.1, -0.05) is 67.9 Å². The molecule has 36 heavy (non-hydrogen) atoms. The predicted molar refractivity (Wildman–Crippen MR) is 143 cm³/mol. The van der Waals surface area contributed by atoms with Crippen molar-refractivity contribution in [1.29, 1.82) is 5.26 Å². The van der Waals surface area contributed by atoms with Gasteiger partial charge in [0.05, 0.1) is 24.7 Å². The van der Waals surface area contributed by atoms with Gasteiger partial charge in [-0.25, -0.2) is 0 Å². The molecule has 1 aliphatic heterocycles. The van der Waals surface area contributed by atoms with Crippen LogP contribution in [0.3, 0.4) is 0 Å². The third-order valence-corrected chi connectivity index (χ3v) is 7.75. The normalized spacial score (nSPS) is 16.3. The maximum absolute atomic E-state index is 12.5. The first-order valence-electron chi connectivity index (χ1n) is 13.2. The third kappa shape index (κ3) is 6.39. The fourth-order valence-electron chi connectivity index (χ4n) is 4.54. The molecule has 0 spiro atoms. The van der Waals surface area contributed by atoms with Crippen molar-refractivity contribution >= 4 is 5.84 Å². The highest BCUT2D eigenvalue weighted by Crippen LogP contribution is 2.36. The molecule has 0 saturated heterocycles. The Morgan fingerprint density at radius 2 is 1.33 bits per heavy atom. The number of rotatable bonds is 13. The molecule has 6 heteroatoms. The second kappa shape index (κ2) is 12.3. The van der Waals surface area contributed by atoms with Crippen LogP contribution in [0.25, 0.3) is 11.1 Å². The third-order valence-electron chi connectivity index (χ3n) is 7.75. The monoisotopic (exact) mass is 490 g/mol. The van der Waals surface area contributed by atoms with Crippen molar-refractivity contribution < 1.29 is 14.7 Å². The van der Waals surface area contributed by atoms with E-state index in [0.29, 0.717) is 17.8 Å². The summed E-state index contributed by atoms with van der Waals surface area (Å²) < 4.78 is 6.82. The van der Waals surface area contributed by atoms with Crippen LogP contribution in [0.2, 0.25) is 0 Å². The highest BCUT2D eigenvalue weighted by molar-refractivity contribution is 5.79. The number of ether oxygens (including phenoxy) is 1. The molecular formula is C30H40N3O3. The van der Waals surface area contributed by atoms with Crippen molar-refractivity contribution in [3.63, 3.8) is 0 Å². The molecule has 1 radical (unpaired) electrons. The molecule has 2 aromatic carbocycles. The maximum Gasteiger partial charge on any atom is 0.284 e. The largest absolute Gasteiger partial charge is 0.715 e. The van der Waals surface area contributed by atoms with Gasteiger partial charge in [0.1, 0.15) is 11.3 Å². The summed E-state index contributed by atoms with van der Waals surface area (Å²) in [4.78, 5) is 0. The molecule has 0 N–H and O–H groups in total. The van der Waals surface area contributed by atoms with Gasteiger partial charge >= 0.3 is 0 Å². The van der Waals surface area contributed by atoms with E-state index in [-0.39, 0.29) is 0 Å². The Balaban J connectivity index is 1.22. The summed E-state index contributed by atoms with van der Waals surface area (Å²) in [6.45, 7) is 8.10. The van der Waals surface area contributed by atoms with Gasteiger partial charge < -0.3 is 9.94 Å². The molecule has 0 atom stereocenters. The second-order valence-corrected chi connectivity index (χ2v) is 10.8. The summed E-state index contributed by atoms with van der Waals surface area (Å²) >= 11 is 0. The van der Waals surface area contributed by atoms with Crippen LogP contribution >= 0.6 is 0 Å². The zero-order valence-electron chi connectivity index (χ0n) is 22.3. The van der Waals surface area contributed by atoms with Gasteiger partial charge in [0, 0.05) is 5.21 Å². The first-order chi connectivity index (χ1) is 17.2. The average molecular weight is 491 g/mol. The van der Waals surface area contributed by atoms with Crippen LogP contribution in [0.1, 0.15) is 91.0 Å². The minimum absolute atomic E-state index is 0.383. The minimum atomic E-state index is -0.705. The molecule has 0 bridgehead atoms. The van der Waals surface area contributed by atoms with Gasteiger partial charge in [-0.05, 0) is 75.9 Å². The fraction of sp³-hybridized carbons (Fsp3) is 0.533. The molecule has 1 heterocycles. The van der Waals surface area contributed by atoms with Crippen molar-refractivity contribution in [1.82, 2.24) is 5.06 Å². The van der Waals surface area contributed by atoms with Gasteiger partial charge in [0.2, 0.25) is 0 Å². The summed E-state index contributed by atoms with van der Waals surface area (Å²) in [6, 6.07) is 17.8. The number of benzene rings is 2. The summed E-state index contributed by atoms with van der Waals surface area (Å²) in [5.74, 6) is 1.27. The number of nitrogens with zero attached hydrogens (tertiary/aromatic N) is 3. The minimum Gasteiger partial charge on any atom is -0.715 e. The molecule has 193 valence electrons. The van der Waals surface area contributed by atoms with Crippen LogP contribution in [0, 0.1) is 16.5 Å². The van der Waals surface area contributed by atoms with Crippen molar-refractivity contribution in [3.05, 3.63) is 59.3 Å². The van der Waals surface area contributed by atoms with E-state index in [1.54, 1.807) is 0 Å². The Labute approximate surface area is 216 Å². The number of unbranched alkanes of at least 4 members (excludes halogenated alkanes) is 7. The van der Waals surface area contributed by atoms with E-state index in [2.05, 4.69) is 6.07 Å². The maximum atomic E-state index is 12.5. The van der Waals surface area contributed by atoms with Crippen LogP contribution in [-0.2, 0) is 5.21 Å². The molecule has 2 aromatic rings. The lowest BCUT2D eigenvalue weighted by Gasteiger charge is -2.32. The van der Waals surface area contributed by atoms with Crippen molar-refractivity contribution in [3.8, 4) is 22.9 Å². The smallest absolute Gasteiger partial charge is 0.284 e. The van der Waals surface area contributed by atoms with E-state index in [1.807, 2.05) is 76.2 Å². The Hall–Kier alpha value is -3.04. The molecule has 1 aliphatic rings. The Morgan fingerprint density at radius 3 is 1.83 bits per heavy atom. The topological polar surface area (TPSA) is 82.2 Å². The molecule has 6 nitrogen and oxygen atoms in total. The summed E-state index contributed by atoms with van der Waals surface area (Å²) in [6.07, 6.45) is 9.42. The molecule has 0 unspecified atom stereocenters. The van der Waals surface area contributed by atoms with Crippen molar-refractivity contribution in [2.75, 3.05) is 6.61 Å². The highest BCUT2D eigenvalue weighted by Gasteiger charge is 2.59. The lowest BCUT2D eigenvalue weighted by Crippen LogP contribution is -2.53. The van der Waals surface area contributed by atoms with Crippen molar-refractivity contribution in [2.24, 2.45) is 0 Å². The van der Waals surface area contributed by atoms with E-state index >= 15 is 0 Å².